The molecule has 2 aromatic rings. The number of hydrogen-bond acceptors (Lipinski definition) is 6. The quantitative estimate of drug-likeness (QED) is 0.659. The fourth-order valence-electron chi connectivity index (χ4n) is 2.79. The SMILES string of the molecule is CCC(C)[C@H](NC(=O)OCc1ccccc1)c1noc(C)c1C(=O)OC(C)(C)C. The largest absolute Gasteiger partial charge is 0.456 e. The van der Waals surface area contributed by atoms with Gasteiger partial charge in [-0.15, -0.1) is 0 Å². The summed E-state index contributed by atoms with van der Waals surface area (Å²) < 4.78 is 16.1. The van der Waals surface area contributed by atoms with Crippen LogP contribution in [-0.4, -0.2) is 22.8 Å². The fraction of sp³-hybridized carbons (Fsp3) is 0.500. The van der Waals surface area contributed by atoms with E-state index in [9.17, 15) is 9.59 Å². The predicted molar refractivity (Wildman–Crippen MR) is 108 cm³/mol. The Morgan fingerprint density at radius 1 is 1.21 bits per heavy atom. The maximum atomic E-state index is 12.7. The molecule has 0 radical (unpaired) electrons. The van der Waals surface area contributed by atoms with E-state index in [0.29, 0.717) is 11.5 Å². The summed E-state index contributed by atoms with van der Waals surface area (Å²) >= 11 is 0. The van der Waals surface area contributed by atoms with Crippen LogP contribution in [0.4, 0.5) is 4.79 Å². The number of esters is 1. The van der Waals surface area contributed by atoms with Crippen molar-refractivity contribution < 1.29 is 23.6 Å². The summed E-state index contributed by atoms with van der Waals surface area (Å²) in [6.07, 6.45) is 0.165. The third-order valence-electron chi connectivity index (χ3n) is 4.49. The van der Waals surface area contributed by atoms with Crippen LogP contribution in [0.2, 0.25) is 0 Å². The van der Waals surface area contributed by atoms with Gasteiger partial charge in [-0.3, -0.25) is 0 Å². The second-order valence-electron chi connectivity index (χ2n) is 8.07. The molecule has 1 amide bonds. The molecule has 0 aliphatic rings. The van der Waals surface area contributed by atoms with E-state index in [-0.39, 0.29) is 18.1 Å². The van der Waals surface area contributed by atoms with Crippen LogP contribution >= 0.6 is 0 Å². The second kappa shape index (κ2) is 9.58. The topological polar surface area (TPSA) is 90.7 Å². The third-order valence-corrected chi connectivity index (χ3v) is 4.49. The zero-order valence-corrected chi connectivity index (χ0v) is 17.9. The molecule has 0 aliphatic heterocycles. The zero-order chi connectivity index (χ0) is 21.6. The Hall–Kier alpha value is -2.83. The number of aryl methyl sites for hydroxylation is 1. The molecule has 2 atom stereocenters. The summed E-state index contributed by atoms with van der Waals surface area (Å²) in [6, 6.07) is 8.85. The lowest BCUT2D eigenvalue weighted by molar-refractivity contribution is 0.00652. The number of ether oxygens (including phenoxy) is 2. The third kappa shape index (κ3) is 6.34. The number of benzene rings is 1. The van der Waals surface area contributed by atoms with Gasteiger partial charge in [0.05, 0.1) is 6.04 Å². The predicted octanol–water partition coefficient (Wildman–Crippen LogP) is 4.95. The molecule has 7 heteroatoms. The summed E-state index contributed by atoms with van der Waals surface area (Å²) in [7, 11) is 0. The van der Waals surface area contributed by atoms with Crippen LogP contribution in [0.5, 0.6) is 0 Å². The molecule has 0 bridgehead atoms. The summed E-state index contributed by atoms with van der Waals surface area (Å²) in [6.45, 7) is 11.1. The van der Waals surface area contributed by atoms with Gasteiger partial charge < -0.3 is 19.3 Å². The van der Waals surface area contributed by atoms with Gasteiger partial charge in [0.1, 0.15) is 29.2 Å². The molecular weight excluding hydrogens is 372 g/mol. The van der Waals surface area contributed by atoms with Crippen LogP contribution in [0, 0.1) is 12.8 Å². The molecule has 0 saturated heterocycles. The van der Waals surface area contributed by atoms with Crippen molar-refractivity contribution in [1.29, 1.82) is 0 Å². The summed E-state index contributed by atoms with van der Waals surface area (Å²) in [4.78, 5) is 25.1. The molecule has 29 heavy (non-hydrogen) atoms. The lowest BCUT2D eigenvalue weighted by atomic mass is 9.93. The molecule has 2 rings (SSSR count). The van der Waals surface area contributed by atoms with E-state index in [4.69, 9.17) is 14.0 Å². The Morgan fingerprint density at radius 3 is 2.45 bits per heavy atom. The van der Waals surface area contributed by atoms with Crippen LogP contribution in [0.25, 0.3) is 0 Å². The highest BCUT2D eigenvalue weighted by molar-refractivity contribution is 5.92. The second-order valence-corrected chi connectivity index (χ2v) is 8.07. The molecular formula is C22H30N2O5. The molecule has 1 heterocycles. The van der Waals surface area contributed by atoms with Crippen molar-refractivity contribution in [3.8, 4) is 0 Å². The molecule has 0 aliphatic carbocycles. The highest BCUT2D eigenvalue weighted by Gasteiger charge is 2.33. The van der Waals surface area contributed by atoms with Gasteiger partial charge in [0.25, 0.3) is 0 Å². The van der Waals surface area contributed by atoms with E-state index in [2.05, 4.69) is 10.5 Å². The highest BCUT2D eigenvalue weighted by Crippen LogP contribution is 2.29. The lowest BCUT2D eigenvalue weighted by Gasteiger charge is -2.24. The molecule has 1 N–H and O–H groups in total. The number of carbonyl (C=O) groups is 2. The standard InChI is InChI=1S/C22H30N2O5/c1-7-14(2)18(23-21(26)27-13-16-11-9-8-10-12-16)19-17(15(3)29-24-19)20(25)28-22(4,5)6/h8-12,14,18H,7,13H2,1-6H3,(H,23,26)/t14?,18-/m0/s1. The van der Waals surface area contributed by atoms with Crippen molar-refractivity contribution in [2.45, 2.75) is 66.2 Å². The first-order valence-electron chi connectivity index (χ1n) is 9.79. The van der Waals surface area contributed by atoms with Gasteiger partial charge >= 0.3 is 12.1 Å². The summed E-state index contributed by atoms with van der Waals surface area (Å²) in [5.74, 6) is -0.189. The summed E-state index contributed by atoms with van der Waals surface area (Å²) in [5, 5.41) is 6.90. The van der Waals surface area contributed by atoms with Crippen LogP contribution in [-0.2, 0) is 16.1 Å². The monoisotopic (exact) mass is 402 g/mol. The number of alkyl carbamates (subject to hydrolysis) is 1. The number of nitrogens with zero attached hydrogens (tertiary/aromatic N) is 1. The van der Waals surface area contributed by atoms with Crippen LogP contribution in [0.15, 0.2) is 34.9 Å². The number of rotatable bonds is 7. The first kappa shape index (κ1) is 22.5. The molecule has 1 aromatic heterocycles. The fourth-order valence-corrected chi connectivity index (χ4v) is 2.79. The zero-order valence-electron chi connectivity index (χ0n) is 17.9. The highest BCUT2D eigenvalue weighted by atomic mass is 16.6. The van der Waals surface area contributed by atoms with Crippen molar-refractivity contribution in [2.24, 2.45) is 5.92 Å². The molecule has 0 spiro atoms. The van der Waals surface area contributed by atoms with Gasteiger partial charge in [-0.2, -0.15) is 0 Å². The Morgan fingerprint density at radius 2 is 1.86 bits per heavy atom. The molecule has 1 unspecified atom stereocenters. The average Bonchev–Trinajstić information content (AvgIpc) is 3.04. The normalized spacial score (nSPS) is 13.4. The minimum absolute atomic E-state index is 0.00929. The smallest absolute Gasteiger partial charge is 0.408 e. The minimum Gasteiger partial charge on any atom is -0.456 e. The number of nitrogens with one attached hydrogen (secondary N) is 1. The number of carbonyl (C=O) groups excluding carboxylic acids is 2. The van der Waals surface area contributed by atoms with E-state index in [1.54, 1.807) is 27.7 Å². The average molecular weight is 402 g/mol. The molecule has 0 fully saturated rings. The molecule has 0 saturated carbocycles. The maximum Gasteiger partial charge on any atom is 0.408 e. The Kier molecular flexibility index (Phi) is 7.42. The van der Waals surface area contributed by atoms with E-state index in [1.165, 1.54) is 0 Å². The van der Waals surface area contributed by atoms with Crippen molar-refractivity contribution in [1.82, 2.24) is 10.5 Å². The van der Waals surface area contributed by atoms with Crippen molar-refractivity contribution in [2.75, 3.05) is 0 Å². The van der Waals surface area contributed by atoms with Gasteiger partial charge in [-0.05, 0) is 39.2 Å². The molecule has 158 valence electrons. The van der Waals surface area contributed by atoms with E-state index in [0.717, 1.165) is 12.0 Å². The number of hydrogen-bond donors (Lipinski definition) is 1. The van der Waals surface area contributed by atoms with E-state index < -0.39 is 23.7 Å². The van der Waals surface area contributed by atoms with Gasteiger partial charge in [-0.25, -0.2) is 9.59 Å². The number of aromatic nitrogens is 1. The van der Waals surface area contributed by atoms with Crippen molar-refractivity contribution >= 4 is 12.1 Å². The Labute approximate surface area is 171 Å². The van der Waals surface area contributed by atoms with Gasteiger partial charge in [0.15, 0.2) is 0 Å². The first-order valence-corrected chi connectivity index (χ1v) is 9.79. The summed E-state index contributed by atoms with van der Waals surface area (Å²) in [5.41, 5.74) is 0.817. The van der Waals surface area contributed by atoms with Gasteiger partial charge in [-0.1, -0.05) is 55.8 Å². The van der Waals surface area contributed by atoms with Crippen LogP contribution < -0.4 is 5.32 Å². The van der Waals surface area contributed by atoms with Crippen LogP contribution in [0.1, 0.15) is 74.5 Å². The number of amides is 1. The first-order chi connectivity index (χ1) is 13.6. The molecule has 7 nitrogen and oxygen atoms in total. The Balaban J connectivity index is 2.20. The minimum atomic E-state index is -0.661. The van der Waals surface area contributed by atoms with Crippen LogP contribution in [0.3, 0.4) is 0 Å². The van der Waals surface area contributed by atoms with Gasteiger partial charge in [0.2, 0.25) is 0 Å². The van der Waals surface area contributed by atoms with E-state index >= 15 is 0 Å². The maximum absolute atomic E-state index is 12.7. The lowest BCUT2D eigenvalue weighted by Crippen LogP contribution is -2.34. The molecule has 1 aromatic carbocycles. The van der Waals surface area contributed by atoms with Gasteiger partial charge in [0, 0.05) is 0 Å². The van der Waals surface area contributed by atoms with E-state index in [1.807, 2.05) is 44.2 Å². The van der Waals surface area contributed by atoms with Crippen molar-refractivity contribution in [3.05, 3.63) is 52.9 Å². The Bertz CT molecular complexity index is 823. The van der Waals surface area contributed by atoms with Crippen molar-refractivity contribution in [3.63, 3.8) is 0 Å².